The Morgan fingerprint density at radius 2 is 1.72 bits per heavy atom. The van der Waals surface area contributed by atoms with Crippen LogP contribution in [0.25, 0.3) is 16.9 Å². The van der Waals surface area contributed by atoms with Crippen LogP contribution in [-0.2, 0) is 11.3 Å². The molecule has 0 spiro atoms. The van der Waals surface area contributed by atoms with Gasteiger partial charge in [-0.25, -0.2) is 23.8 Å². The summed E-state index contributed by atoms with van der Waals surface area (Å²) in [6.07, 6.45) is 1.86. The van der Waals surface area contributed by atoms with Gasteiger partial charge in [0.1, 0.15) is 17.1 Å². The first-order valence-electron chi connectivity index (χ1n) is 12.8. The van der Waals surface area contributed by atoms with E-state index in [9.17, 15) is 9.18 Å². The smallest absolute Gasteiger partial charge is 0.342 e. The molecule has 1 aliphatic heterocycles. The first kappa shape index (κ1) is 26.2. The second-order valence-electron chi connectivity index (χ2n) is 9.18. The molecule has 0 unspecified atom stereocenters. The summed E-state index contributed by atoms with van der Waals surface area (Å²) in [5, 5.41) is 8.46. The van der Waals surface area contributed by atoms with Gasteiger partial charge in [0.25, 0.3) is 0 Å². The Bertz CT molecular complexity index is 1430. The number of aromatic nitrogens is 5. The van der Waals surface area contributed by atoms with Crippen molar-refractivity contribution in [2.45, 2.75) is 20.4 Å². The fourth-order valence-corrected chi connectivity index (χ4v) is 4.53. The molecule has 4 aromatic rings. The predicted molar refractivity (Wildman–Crippen MR) is 144 cm³/mol. The standard InChI is InChI=1S/C28H30FN7O3/c1-4-39-27(37)25-19(2)30-28(31-26(25)20-5-11-24(38-3)12-6-20)35-15-13-34(14-16-35)17-22-18-36(33-32-22)23-9-7-21(29)8-10-23/h5-12,18H,4,13-17H2,1-3H3. The van der Waals surface area contributed by atoms with Crippen molar-refractivity contribution in [1.82, 2.24) is 29.9 Å². The Balaban J connectivity index is 1.31. The quantitative estimate of drug-likeness (QED) is 0.315. The maximum absolute atomic E-state index is 13.2. The van der Waals surface area contributed by atoms with Gasteiger partial charge in [0.2, 0.25) is 5.95 Å². The number of carbonyl (C=O) groups is 1. The van der Waals surface area contributed by atoms with E-state index in [0.717, 1.165) is 35.8 Å². The Kier molecular flexibility index (Phi) is 7.78. The van der Waals surface area contributed by atoms with Crippen LogP contribution in [0.15, 0.2) is 54.7 Å². The number of aryl methyl sites for hydroxylation is 1. The minimum absolute atomic E-state index is 0.266. The van der Waals surface area contributed by atoms with Gasteiger partial charge in [-0.2, -0.15) is 0 Å². The minimum atomic E-state index is -0.439. The van der Waals surface area contributed by atoms with Gasteiger partial charge in [-0.05, 0) is 62.4 Å². The van der Waals surface area contributed by atoms with Gasteiger partial charge in [0.05, 0.1) is 42.7 Å². The van der Waals surface area contributed by atoms with Crippen LogP contribution in [0.4, 0.5) is 10.3 Å². The zero-order valence-corrected chi connectivity index (χ0v) is 22.2. The maximum atomic E-state index is 13.2. The molecule has 3 heterocycles. The summed E-state index contributed by atoms with van der Waals surface area (Å²) in [7, 11) is 1.61. The van der Waals surface area contributed by atoms with Gasteiger partial charge in [0, 0.05) is 38.3 Å². The van der Waals surface area contributed by atoms with Gasteiger partial charge < -0.3 is 14.4 Å². The molecule has 1 saturated heterocycles. The number of halogens is 1. The number of methoxy groups -OCH3 is 1. The fraction of sp³-hybridized carbons (Fsp3) is 0.321. The molecule has 0 amide bonds. The van der Waals surface area contributed by atoms with Crippen LogP contribution < -0.4 is 9.64 Å². The minimum Gasteiger partial charge on any atom is -0.497 e. The van der Waals surface area contributed by atoms with E-state index < -0.39 is 5.97 Å². The lowest BCUT2D eigenvalue weighted by Crippen LogP contribution is -2.46. The molecule has 0 atom stereocenters. The zero-order chi connectivity index (χ0) is 27.4. The molecule has 1 fully saturated rings. The molecule has 0 radical (unpaired) electrons. The van der Waals surface area contributed by atoms with Crippen LogP contribution >= 0.6 is 0 Å². The summed E-state index contributed by atoms with van der Waals surface area (Å²) in [4.78, 5) is 26.8. The number of hydrogen-bond acceptors (Lipinski definition) is 9. The molecule has 39 heavy (non-hydrogen) atoms. The summed E-state index contributed by atoms with van der Waals surface area (Å²) in [6, 6.07) is 13.6. The van der Waals surface area contributed by atoms with Crippen LogP contribution in [0.5, 0.6) is 5.75 Å². The number of carbonyl (C=O) groups excluding carboxylic acids is 1. The van der Waals surface area contributed by atoms with Crippen LogP contribution in [0.3, 0.4) is 0 Å². The Hall–Kier alpha value is -4.38. The van der Waals surface area contributed by atoms with Crippen LogP contribution in [0, 0.1) is 12.7 Å². The summed E-state index contributed by atoms with van der Waals surface area (Å²) in [5.74, 6) is 0.568. The van der Waals surface area contributed by atoms with Crippen molar-refractivity contribution >= 4 is 11.9 Å². The Labute approximate surface area is 226 Å². The highest BCUT2D eigenvalue weighted by atomic mass is 19.1. The number of esters is 1. The molecular formula is C28H30FN7O3. The number of hydrogen-bond donors (Lipinski definition) is 0. The number of piperazine rings is 1. The average Bonchev–Trinajstić information content (AvgIpc) is 3.42. The largest absolute Gasteiger partial charge is 0.497 e. The van der Waals surface area contributed by atoms with Crippen molar-refractivity contribution in [3.63, 3.8) is 0 Å². The van der Waals surface area contributed by atoms with Gasteiger partial charge in [-0.15, -0.1) is 5.10 Å². The molecule has 5 rings (SSSR count). The van der Waals surface area contributed by atoms with E-state index in [1.807, 2.05) is 37.4 Å². The topological polar surface area (TPSA) is 98.5 Å². The van der Waals surface area contributed by atoms with Crippen LogP contribution in [0.1, 0.15) is 28.7 Å². The highest BCUT2D eigenvalue weighted by Gasteiger charge is 2.25. The highest BCUT2D eigenvalue weighted by Crippen LogP contribution is 2.29. The maximum Gasteiger partial charge on any atom is 0.342 e. The van der Waals surface area contributed by atoms with Crippen molar-refractivity contribution in [3.05, 3.63) is 77.5 Å². The van der Waals surface area contributed by atoms with Crippen molar-refractivity contribution in [2.24, 2.45) is 0 Å². The molecule has 0 N–H and O–H groups in total. The summed E-state index contributed by atoms with van der Waals surface area (Å²) >= 11 is 0. The lowest BCUT2D eigenvalue weighted by Gasteiger charge is -2.34. The van der Waals surface area contributed by atoms with Gasteiger partial charge >= 0.3 is 5.97 Å². The summed E-state index contributed by atoms with van der Waals surface area (Å²) < 4.78 is 25.5. The van der Waals surface area contributed by atoms with E-state index in [4.69, 9.17) is 19.4 Å². The van der Waals surface area contributed by atoms with E-state index in [2.05, 4.69) is 20.1 Å². The molecule has 1 aliphatic rings. The Morgan fingerprint density at radius 3 is 2.38 bits per heavy atom. The van der Waals surface area contributed by atoms with Crippen molar-refractivity contribution in [3.8, 4) is 22.7 Å². The molecule has 10 nitrogen and oxygen atoms in total. The van der Waals surface area contributed by atoms with E-state index >= 15 is 0 Å². The van der Waals surface area contributed by atoms with E-state index in [1.165, 1.54) is 12.1 Å². The molecule has 0 saturated carbocycles. The third-order valence-corrected chi connectivity index (χ3v) is 6.59. The van der Waals surface area contributed by atoms with Crippen LogP contribution in [-0.4, -0.2) is 75.7 Å². The number of rotatable bonds is 8. The molecule has 202 valence electrons. The average molecular weight is 532 g/mol. The third kappa shape index (κ3) is 5.88. The number of ether oxygens (including phenoxy) is 2. The summed E-state index contributed by atoms with van der Waals surface area (Å²) in [6.45, 7) is 7.49. The monoisotopic (exact) mass is 531 g/mol. The number of nitrogens with zero attached hydrogens (tertiary/aromatic N) is 7. The Morgan fingerprint density at radius 1 is 1.00 bits per heavy atom. The number of anilines is 1. The predicted octanol–water partition coefficient (Wildman–Crippen LogP) is 3.68. The summed E-state index contributed by atoms with van der Waals surface area (Å²) in [5.41, 5.74) is 3.86. The third-order valence-electron chi connectivity index (χ3n) is 6.59. The zero-order valence-electron chi connectivity index (χ0n) is 22.2. The van der Waals surface area contributed by atoms with Crippen LogP contribution in [0.2, 0.25) is 0 Å². The first-order valence-corrected chi connectivity index (χ1v) is 12.8. The van der Waals surface area contributed by atoms with Gasteiger partial charge in [-0.1, -0.05) is 5.21 Å². The van der Waals surface area contributed by atoms with Crippen molar-refractivity contribution in [2.75, 3.05) is 44.8 Å². The normalized spacial score (nSPS) is 13.9. The van der Waals surface area contributed by atoms with Crippen molar-refractivity contribution < 1.29 is 18.7 Å². The van der Waals surface area contributed by atoms with E-state index in [-0.39, 0.29) is 12.4 Å². The first-order chi connectivity index (χ1) is 18.9. The molecule has 2 aromatic carbocycles. The van der Waals surface area contributed by atoms with Gasteiger partial charge in [-0.3, -0.25) is 4.90 Å². The molecular weight excluding hydrogens is 501 g/mol. The second kappa shape index (κ2) is 11.6. The molecule has 0 aliphatic carbocycles. The van der Waals surface area contributed by atoms with E-state index in [0.29, 0.717) is 42.5 Å². The molecule has 2 aromatic heterocycles. The number of benzene rings is 2. The van der Waals surface area contributed by atoms with Crippen molar-refractivity contribution in [1.29, 1.82) is 0 Å². The highest BCUT2D eigenvalue weighted by molar-refractivity contribution is 5.97. The second-order valence-corrected chi connectivity index (χ2v) is 9.18. The SMILES string of the molecule is CCOC(=O)c1c(C)nc(N2CCN(Cc3cn(-c4ccc(F)cc4)nn3)CC2)nc1-c1ccc(OC)cc1. The van der Waals surface area contributed by atoms with Gasteiger partial charge in [0.15, 0.2) is 0 Å². The van der Waals surface area contributed by atoms with E-state index in [1.54, 1.807) is 30.8 Å². The molecule has 0 bridgehead atoms. The lowest BCUT2D eigenvalue weighted by molar-refractivity contribution is 0.0525. The molecule has 11 heteroatoms. The fourth-order valence-electron chi connectivity index (χ4n) is 4.53. The lowest BCUT2D eigenvalue weighted by atomic mass is 10.0.